The number of nitrogens with zero attached hydrogens (tertiary/aromatic N) is 1. The van der Waals surface area contributed by atoms with E-state index in [-0.39, 0.29) is 31.1 Å². The number of halogens is 1. The highest BCUT2D eigenvalue weighted by Crippen LogP contribution is 2.40. The molecule has 2 aliphatic heterocycles. The molecule has 11 heteroatoms. The fourth-order valence-corrected chi connectivity index (χ4v) is 6.57. The number of amides is 2. The van der Waals surface area contributed by atoms with Crippen molar-refractivity contribution in [2.45, 2.75) is 88.5 Å². The third-order valence-corrected chi connectivity index (χ3v) is 9.52. The molecule has 3 aromatic carbocycles. The largest absolute Gasteiger partial charge is 0.392 e. The molecule has 2 heterocycles. The van der Waals surface area contributed by atoms with Crippen LogP contribution >= 0.6 is 11.6 Å². The van der Waals surface area contributed by atoms with Gasteiger partial charge in [0.2, 0.25) is 11.8 Å². The maximum atomic E-state index is 12.7. The maximum Gasteiger partial charge on any atom is 0.243 e. The van der Waals surface area contributed by atoms with Gasteiger partial charge >= 0.3 is 0 Å². The molecule has 2 amide bonds. The summed E-state index contributed by atoms with van der Waals surface area (Å²) in [7, 11) is 0. The van der Waals surface area contributed by atoms with Crippen molar-refractivity contribution in [1.29, 1.82) is 0 Å². The minimum Gasteiger partial charge on any atom is -0.392 e. The standard InChI is InChI=1S/C37H46ClN3O7/c38-30-16-14-29(15-17-30)37(45)18-20-41(21-19-37)24-32-23-33(27-12-10-26(25-42)11-13-27)48-36(47-32)28-6-5-7-31(22-28)39-34(43)8-3-1-2-4-9-35(44)40-46/h5-7,10-17,22,32-33,36,42,45-46H,1-4,8-9,18-21,23-25H2,(H,39,43)(H,40,44)/t32-,33+,36+/m1/s1. The van der Waals surface area contributed by atoms with Crippen LogP contribution < -0.4 is 10.8 Å². The summed E-state index contributed by atoms with van der Waals surface area (Å²) < 4.78 is 13.1. The van der Waals surface area contributed by atoms with E-state index in [1.165, 1.54) is 0 Å². The van der Waals surface area contributed by atoms with Gasteiger partial charge in [0, 0.05) is 55.2 Å². The van der Waals surface area contributed by atoms with E-state index in [0.717, 1.165) is 48.2 Å². The Bertz CT molecular complexity index is 1480. The van der Waals surface area contributed by atoms with Crippen LogP contribution in [0.3, 0.4) is 0 Å². The molecule has 5 N–H and O–H groups in total. The summed E-state index contributed by atoms with van der Waals surface area (Å²) in [6.07, 6.45) is 4.44. The SMILES string of the molecule is O=C(CCCCCCC(=O)Nc1cccc([C@H]2O[C@@H](CN3CCC(O)(c4ccc(Cl)cc4)CC3)C[C@@H](c3ccc(CO)cc3)O2)c1)NO. The monoisotopic (exact) mass is 679 g/mol. The maximum absolute atomic E-state index is 12.7. The van der Waals surface area contributed by atoms with Crippen LogP contribution in [0.5, 0.6) is 0 Å². The van der Waals surface area contributed by atoms with Crippen molar-refractivity contribution in [3.63, 3.8) is 0 Å². The van der Waals surface area contributed by atoms with Crippen molar-refractivity contribution < 1.29 is 34.5 Å². The van der Waals surface area contributed by atoms with Gasteiger partial charge in [-0.3, -0.25) is 14.8 Å². The number of carbonyl (C=O) groups is 2. The van der Waals surface area contributed by atoms with E-state index in [1.807, 2.05) is 72.8 Å². The first-order valence-electron chi connectivity index (χ1n) is 16.8. The Hall–Kier alpha value is -3.35. The van der Waals surface area contributed by atoms with E-state index in [1.54, 1.807) is 5.48 Å². The zero-order chi connectivity index (χ0) is 33.9. The summed E-state index contributed by atoms with van der Waals surface area (Å²) in [5.74, 6) is -0.487. The number of unbranched alkanes of at least 4 members (excludes halogenated alkanes) is 3. The van der Waals surface area contributed by atoms with Crippen LogP contribution in [0.4, 0.5) is 5.69 Å². The number of carbonyl (C=O) groups excluding carboxylic acids is 2. The Morgan fingerprint density at radius 2 is 1.56 bits per heavy atom. The minimum atomic E-state index is -0.888. The number of likely N-dealkylation sites (tertiary alicyclic amines) is 1. The molecule has 3 aromatic rings. The topological polar surface area (TPSA) is 141 Å². The van der Waals surface area contributed by atoms with Crippen molar-refractivity contribution in [2.24, 2.45) is 0 Å². The van der Waals surface area contributed by atoms with E-state index >= 15 is 0 Å². The van der Waals surface area contributed by atoms with Gasteiger partial charge in [0.15, 0.2) is 6.29 Å². The zero-order valence-electron chi connectivity index (χ0n) is 27.2. The molecule has 2 aliphatic rings. The Labute approximate surface area is 287 Å². The van der Waals surface area contributed by atoms with Gasteiger partial charge in [-0.25, -0.2) is 5.48 Å². The summed E-state index contributed by atoms with van der Waals surface area (Å²) >= 11 is 6.07. The van der Waals surface area contributed by atoms with Crippen molar-refractivity contribution in [2.75, 3.05) is 25.0 Å². The molecule has 0 bridgehead atoms. The van der Waals surface area contributed by atoms with Gasteiger partial charge < -0.3 is 29.9 Å². The number of aliphatic hydroxyl groups is 2. The molecule has 3 atom stereocenters. The number of piperidine rings is 1. The highest BCUT2D eigenvalue weighted by Gasteiger charge is 2.37. The normalized spacial score (nSPS) is 21.0. The molecular formula is C37H46ClN3O7. The van der Waals surface area contributed by atoms with E-state index in [9.17, 15) is 19.8 Å². The molecule has 0 radical (unpaired) electrons. The fourth-order valence-electron chi connectivity index (χ4n) is 6.44. The van der Waals surface area contributed by atoms with Crippen LogP contribution in [-0.2, 0) is 31.3 Å². The average Bonchev–Trinajstić information content (AvgIpc) is 3.11. The number of aliphatic hydroxyl groups excluding tert-OH is 1. The van der Waals surface area contributed by atoms with Gasteiger partial charge in [-0.1, -0.05) is 73.0 Å². The lowest BCUT2D eigenvalue weighted by atomic mass is 9.84. The van der Waals surface area contributed by atoms with Gasteiger partial charge in [-0.05, 0) is 66.6 Å². The van der Waals surface area contributed by atoms with Gasteiger partial charge in [0.05, 0.1) is 24.4 Å². The predicted octanol–water partition coefficient (Wildman–Crippen LogP) is 6.15. The molecule has 258 valence electrons. The first kappa shape index (κ1) is 35.9. The first-order valence-corrected chi connectivity index (χ1v) is 17.2. The Morgan fingerprint density at radius 1 is 0.875 bits per heavy atom. The summed E-state index contributed by atoms with van der Waals surface area (Å²) in [4.78, 5) is 26.1. The fraction of sp³-hybridized carbons (Fsp3) is 0.459. The van der Waals surface area contributed by atoms with Crippen molar-refractivity contribution >= 4 is 29.1 Å². The lowest BCUT2D eigenvalue weighted by molar-refractivity contribution is -0.253. The van der Waals surface area contributed by atoms with Gasteiger partial charge in [0.25, 0.3) is 0 Å². The predicted molar refractivity (Wildman–Crippen MR) is 182 cm³/mol. The van der Waals surface area contributed by atoms with Crippen LogP contribution in [0.1, 0.15) is 92.4 Å². The van der Waals surface area contributed by atoms with E-state index in [0.29, 0.717) is 55.8 Å². The van der Waals surface area contributed by atoms with E-state index in [2.05, 4.69) is 10.2 Å². The highest BCUT2D eigenvalue weighted by atomic mass is 35.5. The van der Waals surface area contributed by atoms with Gasteiger partial charge in [0.1, 0.15) is 0 Å². The third-order valence-electron chi connectivity index (χ3n) is 9.27. The number of benzene rings is 3. The number of rotatable bonds is 14. The number of hydrogen-bond donors (Lipinski definition) is 5. The second-order valence-electron chi connectivity index (χ2n) is 12.8. The summed E-state index contributed by atoms with van der Waals surface area (Å²) in [6.45, 7) is 2.10. The number of anilines is 1. The second kappa shape index (κ2) is 17.3. The van der Waals surface area contributed by atoms with Gasteiger partial charge in [-0.15, -0.1) is 0 Å². The molecule has 0 spiro atoms. The lowest BCUT2D eigenvalue weighted by Gasteiger charge is -2.42. The van der Waals surface area contributed by atoms with Crippen LogP contribution in [0.25, 0.3) is 0 Å². The lowest BCUT2D eigenvalue weighted by Crippen LogP contribution is -2.46. The second-order valence-corrected chi connectivity index (χ2v) is 13.2. The Morgan fingerprint density at radius 3 is 2.23 bits per heavy atom. The molecule has 0 unspecified atom stereocenters. The third kappa shape index (κ3) is 10.1. The Balaban J connectivity index is 1.21. The minimum absolute atomic E-state index is 0.0284. The molecule has 2 fully saturated rings. The van der Waals surface area contributed by atoms with Crippen LogP contribution in [0.15, 0.2) is 72.8 Å². The van der Waals surface area contributed by atoms with E-state index < -0.39 is 17.8 Å². The number of nitrogens with one attached hydrogen (secondary N) is 2. The van der Waals surface area contributed by atoms with Crippen molar-refractivity contribution in [3.8, 4) is 0 Å². The quantitative estimate of drug-likeness (QED) is 0.0777. The molecule has 0 saturated carbocycles. The Kier molecular flexibility index (Phi) is 13.0. The van der Waals surface area contributed by atoms with Crippen molar-refractivity contribution in [1.82, 2.24) is 10.4 Å². The summed E-state index contributed by atoms with van der Waals surface area (Å²) in [5, 5.41) is 33.1. The van der Waals surface area contributed by atoms with E-state index in [4.69, 9.17) is 26.3 Å². The molecule has 5 rings (SSSR count). The summed E-state index contributed by atoms with van der Waals surface area (Å²) in [6, 6.07) is 22.8. The number of hydrogen-bond acceptors (Lipinski definition) is 8. The molecule has 2 saturated heterocycles. The van der Waals surface area contributed by atoms with Gasteiger partial charge in [-0.2, -0.15) is 0 Å². The molecule has 10 nitrogen and oxygen atoms in total. The van der Waals surface area contributed by atoms with Crippen LogP contribution in [0, 0.1) is 0 Å². The molecule has 48 heavy (non-hydrogen) atoms. The molecular weight excluding hydrogens is 634 g/mol. The van der Waals surface area contributed by atoms with Crippen molar-refractivity contribution in [3.05, 3.63) is 100 Å². The summed E-state index contributed by atoms with van der Waals surface area (Å²) in [5.41, 5.74) is 4.92. The smallest absolute Gasteiger partial charge is 0.243 e. The molecule has 0 aliphatic carbocycles. The first-order chi connectivity index (χ1) is 23.2. The average molecular weight is 680 g/mol. The zero-order valence-corrected chi connectivity index (χ0v) is 27.9. The van der Waals surface area contributed by atoms with Crippen LogP contribution in [-0.4, -0.2) is 57.9 Å². The number of ether oxygens (including phenoxy) is 2. The van der Waals surface area contributed by atoms with Crippen LogP contribution in [0.2, 0.25) is 5.02 Å². The highest BCUT2D eigenvalue weighted by molar-refractivity contribution is 6.30. The molecule has 0 aromatic heterocycles. The number of hydroxylamine groups is 1.